The van der Waals surface area contributed by atoms with Crippen molar-refractivity contribution in [3.05, 3.63) is 29.8 Å². The molecule has 2 N–H and O–H groups in total. The van der Waals surface area contributed by atoms with Gasteiger partial charge in [0, 0.05) is 5.69 Å². The Balaban J connectivity index is 2.74. The highest BCUT2D eigenvalue weighted by Gasteiger charge is 2.00. The van der Waals surface area contributed by atoms with Gasteiger partial charge < -0.3 is 5.32 Å². The molecular weight excluding hydrogens is 180 g/mol. The molecule has 5 nitrogen and oxygen atoms in total. The monoisotopic (exact) mass is 186 g/mol. The maximum atomic E-state index is 10.9. The second-order valence-electron chi connectivity index (χ2n) is 2.38. The number of benzene rings is 1. The van der Waals surface area contributed by atoms with Gasteiger partial charge in [0.05, 0.1) is 11.6 Å². The van der Waals surface area contributed by atoms with Crippen molar-refractivity contribution in [1.29, 1.82) is 10.5 Å². The number of urea groups is 1. The normalized spacial score (nSPS) is 8.14. The number of hydrogen-bond acceptors (Lipinski definition) is 3. The number of nitriles is 2. The van der Waals surface area contributed by atoms with Crippen molar-refractivity contribution < 1.29 is 4.79 Å². The molecule has 0 aliphatic heterocycles. The fourth-order valence-corrected chi connectivity index (χ4v) is 0.880. The molecule has 0 spiro atoms. The van der Waals surface area contributed by atoms with Crippen LogP contribution in [0.5, 0.6) is 0 Å². The van der Waals surface area contributed by atoms with Crippen LogP contribution in [-0.4, -0.2) is 6.03 Å². The molecule has 0 bridgehead atoms. The average Bonchev–Trinajstić information content (AvgIpc) is 2.18. The van der Waals surface area contributed by atoms with E-state index in [1.165, 1.54) is 12.3 Å². The molecule has 68 valence electrons. The molecule has 0 atom stereocenters. The minimum Gasteiger partial charge on any atom is -0.307 e. The second-order valence-corrected chi connectivity index (χ2v) is 2.38. The molecule has 0 aromatic heterocycles. The Hall–Kier alpha value is -2.53. The molecule has 0 aliphatic rings. The van der Waals surface area contributed by atoms with E-state index in [2.05, 4.69) is 5.32 Å². The Morgan fingerprint density at radius 3 is 2.79 bits per heavy atom. The lowest BCUT2D eigenvalue weighted by atomic mass is 10.2. The molecule has 0 fully saturated rings. The topological polar surface area (TPSA) is 88.7 Å². The van der Waals surface area contributed by atoms with Crippen LogP contribution in [0.2, 0.25) is 0 Å². The first-order valence-corrected chi connectivity index (χ1v) is 3.72. The Labute approximate surface area is 80.6 Å². The zero-order valence-electron chi connectivity index (χ0n) is 7.11. The van der Waals surface area contributed by atoms with E-state index in [0.717, 1.165) is 0 Å². The lowest BCUT2D eigenvalue weighted by molar-refractivity contribution is 0.255. The highest BCUT2D eigenvalue weighted by Crippen LogP contribution is 2.08. The van der Waals surface area contributed by atoms with E-state index in [1.807, 2.05) is 11.4 Å². The van der Waals surface area contributed by atoms with E-state index in [1.54, 1.807) is 18.2 Å². The predicted octanol–water partition coefficient (Wildman–Crippen LogP) is 1.16. The van der Waals surface area contributed by atoms with Gasteiger partial charge in [0.15, 0.2) is 6.19 Å². The third-order valence-electron chi connectivity index (χ3n) is 1.42. The van der Waals surface area contributed by atoms with E-state index in [4.69, 9.17) is 10.5 Å². The Morgan fingerprint density at radius 2 is 2.14 bits per heavy atom. The SMILES string of the molecule is N#CNC(=O)Nc1cccc(C#N)c1. The van der Waals surface area contributed by atoms with E-state index in [0.29, 0.717) is 11.3 Å². The van der Waals surface area contributed by atoms with E-state index in [9.17, 15) is 4.79 Å². The summed E-state index contributed by atoms with van der Waals surface area (Å²) in [6.45, 7) is 0. The number of hydrogen-bond donors (Lipinski definition) is 2. The van der Waals surface area contributed by atoms with Crippen molar-refractivity contribution in [1.82, 2.24) is 5.32 Å². The highest BCUT2D eigenvalue weighted by molar-refractivity contribution is 5.90. The van der Waals surface area contributed by atoms with Gasteiger partial charge in [-0.2, -0.15) is 10.5 Å². The fraction of sp³-hybridized carbons (Fsp3) is 0. The maximum absolute atomic E-state index is 10.9. The van der Waals surface area contributed by atoms with Gasteiger partial charge in [-0.1, -0.05) is 6.07 Å². The van der Waals surface area contributed by atoms with Crippen LogP contribution in [-0.2, 0) is 0 Å². The molecule has 1 rings (SSSR count). The molecule has 5 heteroatoms. The number of carbonyl (C=O) groups is 1. The molecular formula is C9H6N4O. The summed E-state index contributed by atoms with van der Waals surface area (Å²) in [4.78, 5) is 10.9. The van der Waals surface area contributed by atoms with E-state index in [-0.39, 0.29) is 0 Å². The van der Waals surface area contributed by atoms with Crippen molar-refractivity contribution in [2.75, 3.05) is 5.32 Å². The van der Waals surface area contributed by atoms with Gasteiger partial charge in [-0.15, -0.1) is 0 Å². The minimum absolute atomic E-state index is 0.444. The van der Waals surface area contributed by atoms with Gasteiger partial charge in [-0.25, -0.2) is 10.1 Å². The molecule has 0 saturated heterocycles. The molecule has 2 amide bonds. The summed E-state index contributed by atoms with van der Waals surface area (Å²) >= 11 is 0. The van der Waals surface area contributed by atoms with Crippen molar-refractivity contribution in [2.45, 2.75) is 0 Å². The number of nitrogens with one attached hydrogen (secondary N) is 2. The van der Waals surface area contributed by atoms with Crippen LogP contribution >= 0.6 is 0 Å². The van der Waals surface area contributed by atoms with Crippen LogP contribution in [0.3, 0.4) is 0 Å². The standard InChI is InChI=1S/C9H6N4O/c10-5-7-2-1-3-8(4-7)13-9(14)12-6-11/h1-4H,(H2,12,13,14). The van der Waals surface area contributed by atoms with Gasteiger partial charge in [0.2, 0.25) is 0 Å². The maximum Gasteiger partial charge on any atom is 0.332 e. The lowest BCUT2D eigenvalue weighted by Gasteiger charge is -2.02. The summed E-state index contributed by atoms with van der Waals surface area (Å²) < 4.78 is 0. The van der Waals surface area contributed by atoms with Gasteiger partial charge in [0.25, 0.3) is 0 Å². The summed E-state index contributed by atoms with van der Waals surface area (Å²) in [5.41, 5.74) is 0.913. The van der Waals surface area contributed by atoms with Crippen molar-refractivity contribution in [2.24, 2.45) is 0 Å². The number of nitrogens with zero attached hydrogens (tertiary/aromatic N) is 2. The van der Waals surface area contributed by atoms with Gasteiger partial charge in [0.1, 0.15) is 0 Å². The summed E-state index contributed by atoms with van der Waals surface area (Å²) in [6, 6.07) is 7.70. The smallest absolute Gasteiger partial charge is 0.307 e. The summed E-state index contributed by atoms with van der Waals surface area (Å²) in [7, 11) is 0. The van der Waals surface area contributed by atoms with Crippen LogP contribution < -0.4 is 10.6 Å². The van der Waals surface area contributed by atoms with Crippen LogP contribution in [0.25, 0.3) is 0 Å². The fourth-order valence-electron chi connectivity index (χ4n) is 0.880. The van der Waals surface area contributed by atoms with Gasteiger partial charge >= 0.3 is 6.03 Å². The molecule has 1 aromatic rings. The molecule has 1 aromatic carbocycles. The molecule has 0 aliphatic carbocycles. The van der Waals surface area contributed by atoms with Crippen LogP contribution in [0.4, 0.5) is 10.5 Å². The molecule has 14 heavy (non-hydrogen) atoms. The number of carbonyl (C=O) groups excluding carboxylic acids is 1. The summed E-state index contributed by atoms with van der Waals surface area (Å²) in [5.74, 6) is 0. The summed E-state index contributed by atoms with van der Waals surface area (Å²) in [5, 5.41) is 21.0. The first-order valence-electron chi connectivity index (χ1n) is 3.72. The minimum atomic E-state index is -0.623. The predicted molar refractivity (Wildman–Crippen MR) is 48.9 cm³/mol. The lowest BCUT2D eigenvalue weighted by Crippen LogP contribution is -2.23. The van der Waals surface area contributed by atoms with Gasteiger partial charge in [-0.05, 0) is 18.2 Å². The van der Waals surface area contributed by atoms with Crippen molar-refractivity contribution >= 4 is 11.7 Å². The zero-order valence-corrected chi connectivity index (χ0v) is 7.11. The highest BCUT2D eigenvalue weighted by atomic mass is 16.2. The quantitative estimate of drug-likeness (QED) is 0.509. The Bertz CT molecular complexity index is 427. The number of anilines is 1. The first kappa shape index (κ1) is 9.56. The van der Waals surface area contributed by atoms with Crippen LogP contribution in [0, 0.1) is 22.8 Å². The van der Waals surface area contributed by atoms with Crippen LogP contribution in [0.1, 0.15) is 5.56 Å². The summed E-state index contributed by atoms with van der Waals surface area (Å²) in [6.07, 6.45) is 1.49. The first-order chi connectivity index (χ1) is 6.76. The molecule has 0 saturated carbocycles. The molecule has 0 radical (unpaired) electrons. The Morgan fingerprint density at radius 1 is 1.36 bits per heavy atom. The van der Waals surface area contributed by atoms with Gasteiger partial charge in [-0.3, -0.25) is 0 Å². The van der Waals surface area contributed by atoms with Crippen molar-refractivity contribution in [3.63, 3.8) is 0 Å². The number of amides is 2. The molecule has 0 unspecified atom stereocenters. The number of rotatable bonds is 1. The van der Waals surface area contributed by atoms with E-state index < -0.39 is 6.03 Å². The van der Waals surface area contributed by atoms with E-state index >= 15 is 0 Å². The average molecular weight is 186 g/mol. The molecule has 0 heterocycles. The largest absolute Gasteiger partial charge is 0.332 e. The second kappa shape index (κ2) is 4.48. The zero-order chi connectivity index (χ0) is 10.4. The van der Waals surface area contributed by atoms with Crippen molar-refractivity contribution in [3.8, 4) is 12.3 Å². The van der Waals surface area contributed by atoms with Crippen LogP contribution in [0.15, 0.2) is 24.3 Å². The third kappa shape index (κ3) is 2.50. The Kier molecular flexibility index (Phi) is 3.06. The third-order valence-corrected chi connectivity index (χ3v) is 1.42.